The van der Waals surface area contributed by atoms with Crippen molar-refractivity contribution in [1.29, 1.82) is 0 Å². The molecule has 8 heteroatoms. The number of fused-ring (bicyclic) bond motifs is 1. The molecule has 152 valence electrons. The average molecular weight is 411 g/mol. The lowest BCUT2D eigenvalue weighted by atomic mass is 10.2. The summed E-state index contributed by atoms with van der Waals surface area (Å²) in [6.45, 7) is 1.91. The highest BCUT2D eigenvalue weighted by molar-refractivity contribution is 6.04. The van der Waals surface area contributed by atoms with Gasteiger partial charge in [-0.15, -0.1) is 10.2 Å². The number of para-hydroxylation sites is 1. The molecule has 0 aliphatic carbocycles. The summed E-state index contributed by atoms with van der Waals surface area (Å²) in [5, 5.41) is 16.2. The van der Waals surface area contributed by atoms with Crippen LogP contribution in [0.25, 0.3) is 16.8 Å². The number of aromatic nitrogens is 4. The Hall–Kier alpha value is -4.46. The second-order valence-corrected chi connectivity index (χ2v) is 6.86. The molecule has 0 spiro atoms. The number of anilines is 1. The van der Waals surface area contributed by atoms with E-state index in [9.17, 15) is 4.79 Å². The van der Waals surface area contributed by atoms with Gasteiger partial charge in [-0.3, -0.25) is 4.79 Å². The van der Waals surface area contributed by atoms with Crippen LogP contribution in [0.2, 0.25) is 0 Å². The van der Waals surface area contributed by atoms with E-state index in [-0.39, 0.29) is 11.7 Å². The highest BCUT2D eigenvalue weighted by atomic mass is 16.5. The predicted octanol–water partition coefficient (Wildman–Crippen LogP) is 4.76. The van der Waals surface area contributed by atoms with Crippen LogP contribution in [0, 0.1) is 6.92 Å². The quantitative estimate of drug-likeness (QED) is 0.448. The van der Waals surface area contributed by atoms with E-state index in [4.69, 9.17) is 9.15 Å². The standard InChI is InChI=1S/C23H17N5O3/c1-15-12-13-28(27-15)21-10-11-22(26-25-21)30-18-8-6-17(7-9-18)24-23(29)20-14-16-4-2-3-5-19(16)31-20/h2-14H,1H3,(H,24,29). The van der Waals surface area contributed by atoms with Gasteiger partial charge in [-0.25, -0.2) is 4.68 Å². The van der Waals surface area contributed by atoms with Gasteiger partial charge in [0.2, 0.25) is 5.88 Å². The Morgan fingerprint density at radius 3 is 2.55 bits per heavy atom. The summed E-state index contributed by atoms with van der Waals surface area (Å²) in [7, 11) is 0. The fourth-order valence-electron chi connectivity index (χ4n) is 3.05. The van der Waals surface area contributed by atoms with Crippen LogP contribution in [-0.4, -0.2) is 25.9 Å². The number of aryl methyl sites for hydroxylation is 1. The highest BCUT2D eigenvalue weighted by Crippen LogP contribution is 2.23. The van der Waals surface area contributed by atoms with Crippen LogP contribution < -0.4 is 10.1 Å². The van der Waals surface area contributed by atoms with Crippen LogP contribution in [0.5, 0.6) is 11.6 Å². The van der Waals surface area contributed by atoms with Gasteiger partial charge in [-0.2, -0.15) is 5.10 Å². The Bertz CT molecular complexity index is 1320. The molecule has 8 nitrogen and oxygen atoms in total. The van der Waals surface area contributed by atoms with Crippen molar-refractivity contribution in [3.05, 3.63) is 90.4 Å². The summed E-state index contributed by atoms with van der Waals surface area (Å²) >= 11 is 0. The molecule has 0 saturated heterocycles. The van der Waals surface area contributed by atoms with E-state index >= 15 is 0 Å². The van der Waals surface area contributed by atoms with Crippen molar-refractivity contribution in [3.63, 3.8) is 0 Å². The number of rotatable bonds is 5. The topological polar surface area (TPSA) is 95.1 Å². The van der Waals surface area contributed by atoms with Crippen LogP contribution in [0.4, 0.5) is 5.69 Å². The first kappa shape index (κ1) is 18.6. The van der Waals surface area contributed by atoms with E-state index in [1.807, 2.05) is 43.5 Å². The van der Waals surface area contributed by atoms with Gasteiger partial charge < -0.3 is 14.5 Å². The molecule has 0 atom stereocenters. The lowest BCUT2D eigenvalue weighted by Gasteiger charge is -2.07. The van der Waals surface area contributed by atoms with E-state index in [0.717, 1.165) is 11.1 Å². The normalized spacial score (nSPS) is 10.9. The molecule has 0 saturated carbocycles. The summed E-state index contributed by atoms with van der Waals surface area (Å²) in [5.74, 6) is 1.46. The summed E-state index contributed by atoms with van der Waals surface area (Å²) < 4.78 is 13.0. The number of hydrogen-bond acceptors (Lipinski definition) is 6. The first-order valence-corrected chi connectivity index (χ1v) is 9.58. The monoisotopic (exact) mass is 411 g/mol. The summed E-state index contributed by atoms with van der Waals surface area (Å²) in [4.78, 5) is 12.4. The van der Waals surface area contributed by atoms with Crippen molar-refractivity contribution < 1.29 is 13.9 Å². The molecule has 0 radical (unpaired) electrons. The van der Waals surface area contributed by atoms with E-state index < -0.39 is 0 Å². The molecule has 0 unspecified atom stereocenters. The molecule has 0 fully saturated rings. The van der Waals surface area contributed by atoms with E-state index in [0.29, 0.717) is 28.7 Å². The summed E-state index contributed by atoms with van der Waals surface area (Å²) in [6.07, 6.45) is 1.82. The fourth-order valence-corrected chi connectivity index (χ4v) is 3.05. The second-order valence-electron chi connectivity index (χ2n) is 6.86. The zero-order chi connectivity index (χ0) is 21.2. The van der Waals surface area contributed by atoms with Crippen LogP contribution in [0.15, 0.2) is 83.4 Å². The van der Waals surface area contributed by atoms with Crippen molar-refractivity contribution in [1.82, 2.24) is 20.0 Å². The number of amides is 1. The number of ether oxygens (including phenoxy) is 1. The Balaban J connectivity index is 1.24. The van der Waals surface area contributed by atoms with Gasteiger partial charge in [-0.05, 0) is 55.5 Å². The third-order valence-electron chi connectivity index (χ3n) is 4.57. The van der Waals surface area contributed by atoms with E-state index in [2.05, 4.69) is 20.6 Å². The molecule has 1 amide bonds. The van der Waals surface area contributed by atoms with Crippen LogP contribution in [0.1, 0.15) is 16.2 Å². The number of furan rings is 1. The third kappa shape index (κ3) is 3.99. The number of nitrogens with zero attached hydrogens (tertiary/aromatic N) is 4. The number of nitrogens with one attached hydrogen (secondary N) is 1. The molecular formula is C23H17N5O3. The lowest BCUT2D eigenvalue weighted by molar-refractivity contribution is 0.0998. The van der Waals surface area contributed by atoms with Gasteiger partial charge in [0.1, 0.15) is 11.3 Å². The third-order valence-corrected chi connectivity index (χ3v) is 4.57. The smallest absolute Gasteiger partial charge is 0.291 e. The maximum absolute atomic E-state index is 12.4. The molecular weight excluding hydrogens is 394 g/mol. The Labute approximate surface area is 177 Å². The zero-order valence-electron chi connectivity index (χ0n) is 16.5. The zero-order valence-corrected chi connectivity index (χ0v) is 16.5. The van der Waals surface area contributed by atoms with Crippen LogP contribution in [-0.2, 0) is 0 Å². The lowest BCUT2D eigenvalue weighted by Crippen LogP contribution is -2.10. The number of hydrogen-bond donors (Lipinski definition) is 1. The van der Waals surface area contributed by atoms with Gasteiger partial charge in [0.25, 0.3) is 5.91 Å². The van der Waals surface area contributed by atoms with Crippen molar-refractivity contribution >= 4 is 22.6 Å². The molecule has 31 heavy (non-hydrogen) atoms. The summed E-state index contributed by atoms with van der Waals surface area (Å²) in [5.41, 5.74) is 2.19. The number of benzene rings is 2. The fraction of sp³-hybridized carbons (Fsp3) is 0.0435. The van der Waals surface area contributed by atoms with Gasteiger partial charge in [0.15, 0.2) is 11.6 Å². The molecule has 1 N–H and O–H groups in total. The van der Waals surface area contributed by atoms with Crippen molar-refractivity contribution in [2.75, 3.05) is 5.32 Å². The Kier molecular flexibility index (Phi) is 4.64. The molecule has 3 heterocycles. The van der Waals surface area contributed by atoms with Crippen LogP contribution >= 0.6 is 0 Å². The second kappa shape index (κ2) is 7.75. The minimum atomic E-state index is -0.319. The SMILES string of the molecule is Cc1ccn(-c2ccc(Oc3ccc(NC(=O)c4cc5ccccc5o4)cc3)nn2)n1. The van der Waals surface area contributed by atoms with Gasteiger partial charge in [0.05, 0.1) is 5.69 Å². The van der Waals surface area contributed by atoms with Crippen molar-refractivity contribution in [2.45, 2.75) is 6.92 Å². The molecule has 3 aromatic heterocycles. The summed E-state index contributed by atoms with van der Waals surface area (Å²) in [6, 6.07) is 21.5. The Morgan fingerprint density at radius 2 is 1.84 bits per heavy atom. The maximum Gasteiger partial charge on any atom is 0.291 e. The highest BCUT2D eigenvalue weighted by Gasteiger charge is 2.12. The van der Waals surface area contributed by atoms with Gasteiger partial charge in [0, 0.05) is 23.3 Å². The minimum Gasteiger partial charge on any atom is -0.451 e. The van der Waals surface area contributed by atoms with Crippen molar-refractivity contribution in [3.8, 4) is 17.4 Å². The maximum atomic E-state index is 12.4. The largest absolute Gasteiger partial charge is 0.451 e. The predicted molar refractivity (Wildman–Crippen MR) is 115 cm³/mol. The van der Waals surface area contributed by atoms with Gasteiger partial charge >= 0.3 is 0 Å². The Morgan fingerprint density at radius 1 is 1.00 bits per heavy atom. The van der Waals surface area contributed by atoms with Crippen LogP contribution in [0.3, 0.4) is 0 Å². The first-order chi connectivity index (χ1) is 15.1. The molecule has 5 rings (SSSR count). The molecule has 5 aromatic rings. The average Bonchev–Trinajstić information content (AvgIpc) is 3.42. The first-order valence-electron chi connectivity index (χ1n) is 9.58. The number of carbonyl (C=O) groups is 1. The van der Waals surface area contributed by atoms with Crippen molar-refractivity contribution in [2.24, 2.45) is 0 Å². The van der Waals surface area contributed by atoms with E-state index in [1.54, 1.807) is 47.1 Å². The van der Waals surface area contributed by atoms with E-state index in [1.165, 1.54) is 0 Å². The molecule has 0 aliphatic heterocycles. The molecule has 2 aromatic carbocycles. The molecule has 0 bridgehead atoms. The van der Waals surface area contributed by atoms with Gasteiger partial charge in [-0.1, -0.05) is 18.2 Å². The molecule has 0 aliphatic rings. The minimum absolute atomic E-state index is 0.254. The number of carbonyl (C=O) groups excluding carboxylic acids is 1.